The molecule has 0 saturated carbocycles. The van der Waals surface area contributed by atoms with Gasteiger partial charge in [0.25, 0.3) is 0 Å². The number of hydrogen-bond donors (Lipinski definition) is 3. The van der Waals surface area contributed by atoms with Crippen molar-refractivity contribution in [1.82, 2.24) is 4.98 Å². The predicted octanol–water partition coefficient (Wildman–Crippen LogP) is 4.20. The number of unbranched alkanes of at least 4 members (excludes halogenated alkanes) is 7. The lowest BCUT2D eigenvalue weighted by molar-refractivity contribution is 0.572. The van der Waals surface area contributed by atoms with E-state index >= 15 is 0 Å². The molecule has 0 saturated heterocycles. The molecule has 4 nitrogen and oxygen atoms in total. The highest BCUT2D eigenvalue weighted by Gasteiger charge is 2.10. The molecule has 0 aliphatic heterocycles. The first-order valence-electron chi connectivity index (χ1n) is 7.75. The van der Waals surface area contributed by atoms with Gasteiger partial charge >= 0.3 is 0 Å². The average molecular weight is 300 g/mol. The maximum Gasteiger partial charge on any atom is 0.178 e. The van der Waals surface area contributed by atoms with Gasteiger partial charge in [0.05, 0.1) is 0 Å². The van der Waals surface area contributed by atoms with Crippen molar-refractivity contribution in [3.63, 3.8) is 0 Å². The maximum absolute atomic E-state index is 13.5. The molecule has 4 N–H and O–H groups in total. The molecule has 6 heteroatoms. The van der Waals surface area contributed by atoms with Crippen LogP contribution in [0.5, 0.6) is 0 Å². The zero-order valence-electron chi connectivity index (χ0n) is 12.7. The lowest BCUT2D eigenvalue weighted by Crippen LogP contribution is -2.13. The second kappa shape index (κ2) is 10.3. The van der Waals surface area contributed by atoms with E-state index < -0.39 is 11.6 Å². The van der Waals surface area contributed by atoms with Crippen molar-refractivity contribution in [1.29, 1.82) is 0 Å². The fourth-order valence-electron chi connectivity index (χ4n) is 2.16. The van der Waals surface area contributed by atoms with E-state index in [1.807, 2.05) is 0 Å². The number of nitrogens with two attached hydrogens (primary N) is 1. The highest BCUT2D eigenvalue weighted by atomic mass is 19.1. The number of nitrogens with zero attached hydrogens (tertiary/aromatic N) is 1. The molecule has 1 aromatic rings. The Kier molecular flexibility index (Phi) is 8.66. The number of hydrogen-bond acceptors (Lipinski definition) is 4. The monoisotopic (exact) mass is 300 g/mol. The Morgan fingerprint density at radius 3 is 2.14 bits per heavy atom. The van der Waals surface area contributed by atoms with Crippen LogP contribution in [0.4, 0.5) is 20.4 Å². The van der Waals surface area contributed by atoms with Gasteiger partial charge in [-0.3, -0.25) is 0 Å². The van der Waals surface area contributed by atoms with E-state index in [2.05, 4.69) is 22.7 Å². The zero-order valence-corrected chi connectivity index (χ0v) is 12.7. The van der Waals surface area contributed by atoms with Gasteiger partial charge in [-0.05, 0) is 6.42 Å². The first-order chi connectivity index (χ1) is 10.2. The van der Waals surface area contributed by atoms with Crippen LogP contribution in [0.2, 0.25) is 0 Å². The third kappa shape index (κ3) is 6.71. The Labute approximate surface area is 125 Å². The van der Waals surface area contributed by atoms with Gasteiger partial charge in [0.15, 0.2) is 23.3 Å². The summed E-state index contributed by atoms with van der Waals surface area (Å²) in [6.07, 6.45) is 9.68. The summed E-state index contributed by atoms with van der Waals surface area (Å²) < 4.78 is 26.7. The van der Waals surface area contributed by atoms with Gasteiger partial charge < -0.3 is 10.7 Å². The molecule has 0 aliphatic carbocycles. The fourth-order valence-corrected chi connectivity index (χ4v) is 2.16. The number of halogens is 2. The minimum atomic E-state index is -0.798. The van der Waals surface area contributed by atoms with Crippen LogP contribution in [0.3, 0.4) is 0 Å². The number of hydrazine groups is 1. The van der Waals surface area contributed by atoms with Gasteiger partial charge in [0.1, 0.15) is 0 Å². The minimum absolute atomic E-state index is 0.0345. The number of anilines is 2. The maximum atomic E-state index is 13.5. The molecule has 0 fully saturated rings. The molecule has 1 rings (SSSR count). The van der Waals surface area contributed by atoms with E-state index in [9.17, 15) is 8.78 Å². The topological polar surface area (TPSA) is 63.0 Å². The van der Waals surface area contributed by atoms with E-state index in [-0.39, 0.29) is 11.6 Å². The molecular weight excluding hydrogens is 274 g/mol. The quantitative estimate of drug-likeness (QED) is 0.325. The third-order valence-corrected chi connectivity index (χ3v) is 3.39. The van der Waals surface area contributed by atoms with Gasteiger partial charge in [-0.2, -0.15) is 0 Å². The van der Waals surface area contributed by atoms with E-state index in [0.29, 0.717) is 6.54 Å². The summed E-state index contributed by atoms with van der Waals surface area (Å²) in [7, 11) is 0. The normalized spacial score (nSPS) is 10.7. The molecule has 0 aliphatic rings. The minimum Gasteiger partial charge on any atom is -0.368 e. The molecule has 0 spiro atoms. The molecule has 120 valence electrons. The summed E-state index contributed by atoms with van der Waals surface area (Å²) in [5.41, 5.74) is 2.11. The van der Waals surface area contributed by atoms with E-state index in [4.69, 9.17) is 5.84 Å². The molecule has 0 unspecified atom stereocenters. The molecule has 0 radical (unpaired) electrons. The first kappa shape index (κ1) is 17.6. The molecule has 0 aromatic carbocycles. The molecule has 0 atom stereocenters. The summed E-state index contributed by atoms with van der Waals surface area (Å²) in [5, 5.41) is 2.88. The third-order valence-electron chi connectivity index (χ3n) is 3.39. The van der Waals surface area contributed by atoms with Gasteiger partial charge in [-0.25, -0.2) is 19.6 Å². The van der Waals surface area contributed by atoms with Crippen molar-refractivity contribution >= 4 is 11.6 Å². The number of nitrogens with one attached hydrogen (secondary N) is 2. The van der Waals surface area contributed by atoms with Crippen molar-refractivity contribution in [2.45, 2.75) is 58.3 Å². The van der Waals surface area contributed by atoms with E-state index in [0.717, 1.165) is 18.9 Å². The van der Waals surface area contributed by atoms with Gasteiger partial charge in [0.2, 0.25) is 0 Å². The van der Waals surface area contributed by atoms with Crippen LogP contribution in [-0.4, -0.2) is 11.5 Å². The second-order valence-electron chi connectivity index (χ2n) is 5.20. The largest absolute Gasteiger partial charge is 0.368 e. The lowest BCUT2D eigenvalue weighted by Gasteiger charge is -2.09. The summed E-state index contributed by atoms with van der Waals surface area (Å²) in [5.74, 6) is 3.49. The van der Waals surface area contributed by atoms with Crippen LogP contribution in [0.15, 0.2) is 6.07 Å². The lowest BCUT2D eigenvalue weighted by atomic mass is 10.1. The Hall–Kier alpha value is -1.43. The smallest absolute Gasteiger partial charge is 0.178 e. The summed E-state index contributed by atoms with van der Waals surface area (Å²) >= 11 is 0. The number of nitrogen functional groups attached to an aromatic ring is 1. The molecular formula is C15H26F2N4. The van der Waals surface area contributed by atoms with Crippen LogP contribution in [0.25, 0.3) is 0 Å². The average Bonchev–Trinajstić information content (AvgIpc) is 2.47. The van der Waals surface area contributed by atoms with Crippen LogP contribution < -0.4 is 16.6 Å². The fraction of sp³-hybridized carbons (Fsp3) is 0.667. The molecule has 0 bridgehead atoms. The van der Waals surface area contributed by atoms with Crippen molar-refractivity contribution in [2.24, 2.45) is 5.84 Å². The summed E-state index contributed by atoms with van der Waals surface area (Å²) in [4.78, 5) is 3.76. The Morgan fingerprint density at radius 1 is 0.952 bits per heavy atom. The first-order valence-corrected chi connectivity index (χ1v) is 7.75. The van der Waals surface area contributed by atoms with Crippen LogP contribution in [0, 0.1) is 11.6 Å². The number of rotatable bonds is 11. The van der Waals surface area contributed by atoms with Crippen molar-refractivity contribution in [2.75, 3.05) is 17.3 Å². The predicted molar refractivity (Wildman–Crippen MR) is 83.1 cm³/mol. The molecule has 21 heavy (non-hydrogen) atoms. The van der Waals surface area contributed by atoms with Crippen molar-refractivity contribution in [3.8, 4) is 0 Å². The number of aromatic nitrogens is 1. The van der Waals surface area contributed by atoms with E-state index in [1.165, 1.54) is 38.5 Å². The van der Waals surface area contributed by atoms with Crippen molar-refractivity contribution in [3.05, 3.63) is 17.7 Å². The van der Waals surface area contributed by atoms with E-state index in [1.54, 1.807) is 0 Å². The summed E-state index contributed by atoms with van der Waals surface area (Å²) in [6.45, 7) is 2.83. The Bertz CT molecular complexity index is 413. The standard InChI is InChI=1S/C15H26F2N4/c1-2-3-4-5-6-7-8-9-10-19-14-12(16)11-13(17)15(20-14)21-18/h11H,2-10,18H2,1H3,(H2,19,20,21). The highest BCUT2D eigenvalue weighted by Crippen LogP contribution is 2.18. The van der Waals surface area contributed by atoms with Gasteiger partial charge in [-0.15, -0.1) is 0 Å². The Balaban J connectivity index is 2.18. The second-order valence-corrected chi connectivity index (χ2v) is 5.20. The highest BCUT2D eigenvalue weighted by molar-refractivity contribution is 5.46. The molecule has 1 heterocycles. The van der Waals surface area contributed by atoms with Crippen LogP contribution in [0.1, 0.15) is 58.3 Å². The van der Waals surface area contributed by atoms with Gasteiger partial charge in [-0.1, -0.05) is 51.9 Å². The number of pyridine rings is 1. The molecule has 0 amide bonds. The SMILES string of the molecule is CCCCCCCCCCNc1nc(NN)c(F)cc1F. The summed E-state index contributed by atoms with van der Waals surface area (Å²) in [6, 6.07) is 0.776. The zero-order chi connectivity index (χ0) is 15.5. The van der Waals surface area contributed by atoms with Crippen molar-refractivity contribution < 1.29 is 8.78 Å². The van der Waals surface area contributed by atoms with Gasteiger partial charge in [0, 0.05) is 12.6 Å². The Morgan fingerprint density at radius 2 is 1.52 bits per heavy atom. The van der Waals surface area contributed by atoms with Crippen LogP contribution in [-0.2, 0) is 0 Å². The van der Waals surface area contributed by atoms with Crippen LogP contribution >= 0.6 is 0 Å². The molecule has 1 aromatic heterocycles.